The summed E-state index contributed by atoms with van der Waals surface area (Å²) in [4.78, 5) is 13.1. The summed E-state index contributed by atoms with van der Waals surface area (Å²) < 4.78 is 10.9. The molecule has 0 saturated heterocycles. The van der Waals surface area contributed by atoms with Crippen molar-refractivity contribution < 1.29 is 14.3 Å². The lowest BCUT2D eigenvalue weighted by Gasteiger charge is -2.16. The largest absolute Gasteiger partial charge is 0.497 e. The quantitative estimate of drug-likeness (QED) is 0.796. The van der Waals surface area contributed by atoms with Crippen molar-refractivity contribution in [2.24, 2.45) is 5.92 Å². The second-order valence-corrected chi connectivity index (χ2v) is 5.58. The number of carbonyl (C=O) groups excluding carboxylic acids is 1. The van der Waals surface area contributed by atoms with Crippen LogP contribution in [0.25, 0.3) is 0 Å². The van der Waals surface area contributed by atoms with E-state index >= 15 is 0 Å². The number of ether oxygens (including phenoxy) is 2. The van der Waals surface area contributed by atoms with Gasteiger partial charge in [-0.15, -0.1) is 0 Å². The second-order valence-electron chi connectivity index (χ2n) is 5.58. The number of amides is 1. The van der Waals surface area contributed by atoms with Crippen LogP contribution < -0.4 is 14.8 Å². The maximum atomic E-state index is 11.6. The molecule has 1 amide bonds. The van der Waals surface area contributed by atoms with Gasteiger partial charge < -0.3 is 19.7 Å². The number of methoxy groups -OCH3 is 1. The topological polar surface area (TPSA) is 50.8 Å². The van der Waals surface area contributed by atoms with Crippen LogP contribution in [0.3, 0.4) is 0 Å². The maximum Gasteiger partial charge on any atom is 0.259 e. The van der Waals surface area contributed by atoms with E-state index in [0.717, 1.165) is 17.9 Å². The zero-order valence-corrected chi connectivity index (χ0v) is 13.6. The zero-order chi connectivity index (χ0) is 15.8. The highest BCUT2D eigenvalue weighted by Crippen LogP contribution is 2.24. The van der Waals surface area contributed by atoms with Crippen molar-refractivity contribution in [3.8, 4) is 11.5 Å². The predicted octanol–water partition coefficient (Wildman–Crippen LogP) is 1.91. The summed E-state index contributed by atoms with van der Waals surface area (Å²) in [7, 11) is 5.06. The Morgan fingerprint density at radius 3 is 2.62 bits per heavy atom. The van der Waals surface area contributed by atoms with Gasteiger partial charge in [-0.3, -0.25) is 4.79 Å². The molecular formula is C16H26N2O3. The van der Waals surface area contributed by atoms with Crippen LogP contribution in [-0.4, -0.2) is 45.2 Å². The molecule has 0 aliphatic rings. The van der Waals surface area contributed by atoms with Gasteiger partial charge >= 0.3 is 0 Å². The highest BCUT2D eigenvalue weighted by atomic mass is 16.5. The molecule has 5 heteroatoms. The first-order valence-electron chi connectivity index (χ1n) is 7.14. The Labute approximate surface area is 127 Å². The van der Waals surface area contributed by atoms with Gasteiger partial charge in [0.2, 0.25) is 0 Å². The summed E-state index contributed by atoms with van der Waals surface area (Å²) in [5, 5.41) is 3.37. The summed E-state index contributed by atoms with van der Waals surface area (Å²) in [5.41, 5.74) is 0.988. The summed E-state index contributed by atoms with van der Waals surface area (Å²) in [6.07, 6.45) is 0. The van der Waals surface area contributed by atoms with E-state index in [1.165, 1.54) is 4.90 Å². The number of hydrogen-bond acceptors (Lipinski definition) is 4. The Hall–Kier alpha value is -1.75. The molecule has 1 aromatic carbocycles. The van der Waals surface area contributed by atoms with E-state index in [2.05, 4.69) is 19.2 Å². The van der Waals surface area contributed by atoms with E-state index in [1.54, 1.807) is 21.2 Å². The first-order valence-corrected chi connectivity index (χ1v) is 7.14. The number of carbonyl (C=O) groups is 1. The van der Waals surface area contributed by atoms with Crippen molar-refractivity contribution in [3.05, 3.63) is 23.8 Å². The molecule has 118 valence electrons. The first-order chi connectivity index (χ1) is 9.93. The van der Waals surface area contributed by atoms with Crippen molar-refractivity contribution in [1.82, 2.24) is 10.2 Å². The van der Waals surface area contributed by atoms with Crippen LogP contribution in [0.4, 0.5) is 0 Å². The van der Waals surface area contributed by atoms with Crippen LogP contribution in [0.5, 0.6) is 11.5 Å². The molecule has 1 aromatic rings. The molecular weight excluding hydrogens is 268 g/mol. The van der Waals surface area contributed by atoms with Gasteiger partial charge in [-0.2, -0.15) is 0 Å². The third kappa shape index (κ3) is 6.04. The number of nitrogens with zero attached hydrogens (tertiary/aromatic N) is 1. The summed E-state index contributed by atoms with van der Waals surface area (Å²) >= 11 is 0. The number of benzene rings is 1. The van der Waals surface area contributed by atoms with Crippen molar-refractivity contribution in [1.29, 1.82) is 0 Å². The Morgan fingerprint density at radius 2 is 2.05 bits per heavy atom. The second kappa shape index (κ2) is 8.52. The van der Waals surface area contributed by atoms with Gasteiger partial charge in [0, 0.05) is 26.2 Å². The van der Waals surface area contributed by atoms with E-state index in [4.69, 9.17) is 9.47 Å². The highest BCUT2D eigenvalue weighted by Gasteiger charge is 2.10. The van der Waals surface area contributed by atoms with Gasteiger partial charge in [0.25, 0.3) is 5.91 Å². The third-order valence-electron chi connectivity index (χ3n) is 2.99. The minimum atomic E-state index is -0.0630. The zero-order valence-electron chi connectivity index (χ0n) is 13.6. The van der Waals surface area contributed by atoms with Gasteiger partial charge in [0.05, 0.1) is 7.11 Å². The van der Waals surface area contributed by atoms with E-state index in [-0.39, 0.29) is 12.5 Å². The van der Waals surface area contributed by atoms with Crippen LogP contribution in [0.2, 0.25) is 0 Å². The molecule has 0 radical (unpaired) electrons. The fourth-order valence-corrected chi connectivity index (χ4v) is 1.73. The smallest absolute Gasteiger partial charge is 0.259 e. The lowest BCUT2D eigenvalue weighted by Crippen LogP contribution is -2.28. The number of rotatable bonds is 8. The molecule has 0 fully saturated rings. The molecule has 0 spiro atoms. The highest BCUT2D eigenvalue weighted by molar-refractivity contribution is 5.77. The SMILES string of the molecule is COc1ccc(OCC(=O)N(C)C)c(CNCC(C)C)c1. The molecule has 1 rings (SSSR count). The number of likely N-dealkylation sites (N-methyl/N-ethyl adjacent to an activating group) is 1. The monoisotopic (exact) mass is 294 g/mol. The molecule has 0 unspecified atom stereocenters. The van der Waals surface area contributed by atoms with E-state index in [1.807, 2.05) is 18.2 Å². The fraction of sp³-hybridized carbons (Fsp3) is 0.562. The third-order valence-corrected chi connectivity index (χ3v) is 2.99. The average Bonchev–Trinajstić information content (AvgIpc) is 2.44. The van der Waals surface area contributed by atoms with Crippen molar-refractivity contribution in [2.45, 2.75) is 20.4 Å². The minimum absolute atomic E-state index is 0.0382. The van der Waals surface area contributed by atoms with Crippen LogP contribution in [0.1, 0.15) is 19.4 Å². The van der Waals surface area contributed by atoms with Crippen LogP contribution in [-0.2, 0) is 11.3 Å². The van der Waals surface area contributed by atoms with Gasteiger partial charge in [-0.25, -0.2) is 0 Å². The molecule has 0 aromatic heterocycles. The van der Waals surface area contributed by atoms with Gasteiger partial charge in [0.1, 0.15) is 11.5 Å². The van der Waals surface area contributed by atoms with Gasteiger partial charge in [-0.05, 0) is 30.7 Å². The lowest BCUT2D eigenvalue weighted by molar-refractivity contribution is -0.130. The molecule has 1 N–H and O–H groups in total. The molecule has 0 heterocycles. The number of hydrogen-bond donors (Lipinski definition) is 1. The van der Waals surface area contributed by atoms with Crippen LogP contribution in [0.15, 0.2) is 18.2 Å². The molecule has 21 heavy (non-hydrogen) atoms. The summed E-state index contributed by atoms with van der Waals surface area (Å²) in [6.45, 7) is 5.96. The van der Waals surface area contributed by atoms with E-state index < -0.39 is 0 Å². The maximum absolute atomic E-state index is 11.6. The average molecular weight is 294 g/mol. The van der Waals surface area contributed by atoms with E-state index in [9.17, 15) is 4.79 Å². The summed E-state index contributed by atoms with van der Waals surface area (Å²) in [5.74, 6) is 2.01. The van der Waals surface area contributed by atoms with Crippen LogP contribution >= 0.6 is 0 Å². The molecule has 0 aliphatic carbocycles. The lowest BCUT2D eigenvalue weighted by atomic mass is 10.1. The Bertz CT molecular complexity index is 459. The molecule has 0 atom stereocenters. The Kier molecular flexibility index (Phi) is 7.02. The fourth-order valence-electron chi connectivity index (χ4n) is 1.73. The van der Waals surface area contributed by atoms with Crippen molar-refractivity contribution in [2.75, 3.05) is 34.4 Å². The first kappa shape index (κ1) is 17.3. The molecule has 5 nitrogen and oxygen atoms in total. The number of nitrogens with one attached hydrogen (secondary N) is 1. The summed E-state index contributed by atoms with van der Waals surface area (Å²) in [6, 6.07) is 5.61. The minimum Gasteiger partial charge on any atom is -0.497 e. The van der Waals surface area contributed by atoms with Crippen molar-refractivity contribution >= 4 is 5.91 Å². The molecule has 0 bridgehead atoms. The van der Waals surface area contributed by atoms with Gasteiger partial charge in [0.15, 0.2) is 6.61 Å². The standard InChI is InChI=1S/C16H26N2O3/c1-12(2)9-17-10-13-8-14(20-5)6-7-15(13)21-11-16(19)18(3)4/h6-8,12,17H,9-11H2,1-5H3. The van der Waals surface area contributed by atoms with Crippen molar-refractivity contribution in [3.63, 3.8) is 0 Å². The van der Waals surface area contributed by atoms with Gasteiger partial charge in [-0.1, -0.05) is 13.8 Å². The normalized spacial score (nSPS) is 10.6. The van der Waals surface area contributed by atoms with E-state index in [0.29, 0.717) is 18.2 Å². The van der Waals surface area contributed by atoms with Crippen LogP contribution in [0, 0.1) is 5.92 Å². The Balaban J connectivity index is 2.73. The predicted molar refractivity (Wildman–Crippen MR) is 83.7 cm³/mol. The molecule has 0 aliphatic heterocycles. The Morgan fingerprint density at radius 1 is 1.33 bits per heavy atom. The molecule has 0 saturated carbocycles.